The van der Waals surface area contributed by atoms with Crippen LogP contribution in [0.4, 0.5) is 5.69 Å². The summed E-state index contributed by atoms with van der Waals surface area (Å²) in [6.45, 7) is 3.86. The molecule has 0 spiro atoms. The van der Waals surface area contributed by atoms with Crippen molar-refractivity contribution in [2.24, 2.45) is 0 Å². The molecule has 152 valence electrons. The fraction of sp³-hybridized carbons (Fsp3) is 0.182. The van der Waals surface area contributed by atoms with Crippen molar-refractivity contribution in [1.29, 1.82) is 0 Å². The van der Waals surface area contributed by atoms with Gasteiger partial charge >= 0.3 is 0 Å². The predicted octanol–water partition coefficient (Wildman–Crippen LogP) is 4.69. The highest BCUT2D eigenvalue weighted by Crippen LogP contribution is 2.30. The third-order valence-electron chi connectivity index (χ3n) is 4.88. The van der Waals surface area contributed by atoms with Crippen LogP contribution in [0.1, 0.15) is 28.8 Å². The van der Waals surface area contributed by atoms with Gasteiger partial charge in [-0.05, 0) is 43.2 Å². The summed E-state index contributed by atoms with van der Waals surface area (Å²) in [6.07, 6.45) is 0.733. The number of nitrogens with zero attached hydrogens (tertiary/aromatic N) is 4. The molecule has 0 saturated heterocycles. The Balaban J connectivity index is 1.78. The van der Waals surface area contributed by atoms with E-state index in [2.05, 4.69) is 31.4 Å². The molecule has 0 fully saturated rings. The van der Waals surface area contributed by atoms with E-state index in [1.165, 1.54) is 0 Å². The predicted molar refractivity (Wildman–Crippen MR) is 119 cm³/mol. The normalized spacial score (nSPS) is 10.9. The van der Waals surface area contributed by atoms with E-state index in [0.29, 0.717) is 22.8 Å². The number of carbonyl (C=O) groups is 1. The van der Waals surface area contributed by atoms with E-state index in [4.69, 9.17) is 9.84 Å². The van der Waals surface area contributed by atoms with Crippen LogP contribution in [0.5, 0.6) is 5.75 Å². The molecule has 0 unspecified atom stereocenters. The van der Waals surface area contributed by atoms with Crippen molar-refractivity contribution >= 4 is 33.2 Å². The molecule has 0 aliphatic rings. The number of hydrogen-bond donors (Lipinski definition) is 1. The average molecular weight is 466 g/mol. The third kappa shape index (κ3) is 3.54. The molecule has 2 aromatic carbocycles. The maximum atomic E-state index is 12.9. The molecule has 0 aliphatic carbocycles. The number of nitrogens with one attached hydrogen (secondary N) is 1. The van der Waals surface area contributed by atoms with E-state index in [1.54, 1.807) is 23.8 Å². The number of para-hydroxylation sites is 2. The van der Waals surface area contributed by atoms with Crippen LogP contribution in [0.15, 0.2) is 53.0 Å². The molecular formula is C22H20BrN5O2. The second-order valence-electron chi connectivity index (χ2n) is 6.71. The van der Waals surface area contributed by atoms with E-state index in [1.807, 2.05) is 50.2 Å². The maximum Gasteiger partial charge on any atom is 0.278 e. The lowest BCUT2D eigenvalue weighted by atomic mass is 10.0. The number of ether oxygens (including phenoxy) is 1. The molecule has 8 heteroatoms. The highest BCUT2D eigenvalue weighted by molar-refractivity contribution is 9.10. The zero-order valence-corrected chi connectivity index (χ0v) is 18.4. The second-order valence-corrected chi connectivity index (χ2v) is 7.62. The number of aryl methyl sites for hydroxylation is 2. The quantitative estimate of drug-likeness (QED) is 0.462. The Morgan fingerprint density at radius 3 is 2.57 bits per heavy atom. The number of fused-ring (bicyclic) bond motifs is 1. The molecule has 0 saturated carbocycles. The van der Waals surface area contributed by atoms with E-state index in [0.717, 1.165) is 27.7 Å². The largest absolute Gasteiger partial charge is 0.495 e. The van der Waals surface area contributed by atoms with Gasteiger partial charge < -0.3 is 10.1 Å². The summed E-state index contributed by atoms with van der Waals surface area (Å²) < 4.78 is 8.00. The van der Waals surface area contributed by atoms with E-state index in [-0.39, 0.29) is 11.6 Å². The first-order chi connectivity index (χ1) is 14.5. The molecule has 0 aliphatic heterocycles. The topological polar surface area (TPSA) is 81.4 Å². The number of methoxy groups -OCH3 is 1. The number of anilines is 1. The van der Waals surface area contributed by atoms with Crippen molar-refractivity contribution in [3.63, 3.8) is 0 Å². The molecule has 0 atom stereocenters. The summed E-state index contributed by atoms with van der Waals surface area (Å²) in [5, 5.41) is 16.2. The molecule has 4 aromatic rings. The zero-order valence-electron chi connectivity index (χ0n) is 16.8. The summed E-state index contributed by atoms with van der Waals surface area (Å²) in [5.41, 5.74) is 4.85. The van der Waals surface area contributed by atoms with Crippen LogP contribution in [0.3, 0.4) is 0 Å². The molecule has 1 N–H and O–H groups in total. The number of carbonyl (C=O) groups excluding carboxylic acids is 1. The summed E-state index contributed by atoms with van der Waals surface area (Å²) in [5.74, 6) is 0.201. The van der Waals surface area contributed by atoms with Crippen LogP contribution in [-0.2, 0) is 6.42 Å². The molecule has 7 nitrogen and oxygen atoms in total. The summed E-state index contributed by atoms with van der Waals surface area (Å²) >= 11 is 3.47. The lowest BCUT2D eigenvalue weighted by Crippen LogP contribution is -2.19. The van der Waals surface area contributed by atoms with Gasteiger partial charge in [0.25, 0.3) is 5.91 Å². The Morgan fingerprint density at radius 1 is 1.13 bits per heavy atom. The minimum atomic E-state index is -0.370. The smallest absolute Gasteiger partial charge is 0.278 e. The average Bonchev–Trinajstić information content (AvgIpc) is 3.14. The highest BCUT2D eigenvalue weighted by Gasteiger charge is 2.21. The van der Waals surface area contributed by atoms with Gasteiger partial charge in [-0.25, -0.2) is 4.52 Å². The first-order valence-corrected chi connectivity index (χ1v) is 10.3. The van der Waals surface area contributed by atoms with Gasteiger partial charge in [-0.2, -0.15) is 5.10 Å². The van der Waals surface area contributed by atoms with Gasteiger partial charge in [-0.3, -0.25) is 4.79 Å². The summed E-state index contributed by atoms with van der Waals surface area (Å²) in [7, 11) is 1.56. The molecule has 2 aromatic heterocycles. The monoisotopic (exact) mass is 465 g/mol. The number of amides is 1. The standard InChI is InChI=1S/C22H20BrN5O2/c1-4-16-19(14-9-11-15(23)12-10-14)21-26-25-20(13(2)28(21)27-16)22(29)24-17-7-5-6-8-18(17)30-3/h5-12H,4H2,1-3H3,(H,24,29). The SMILES string of the molecule is CCc1nn2c(C)c(C(=O)Nc3ccccc3OC)nnc2c1-c1ccc(Br)cc1. The lowest BCUT2D eigenvalue weighted by molar-refractivity contribution is 0.101. The fourth-order valence-electron chi connectivity index (χ4n) is 3.35. The number of hydrogen-bond acceptors (Lipinski definition) is 5. The molecular weight excluding hydrogens is 446 g/mol. The van der Waals surface area contributed by atoms with Crippen LogP contribution < -0.4 is 10.1 Å². The van der Waals surface area contributed by atoms with Crippen molar-refractivity contribution in [2.45, 2.75) is 20.3 Å². The highest BCUT2D eigenvalue weighted by atomic mass is 79.9. The van der Waals surface area contributed by atoms with Crippen LogP contribution in [0, 0.1) is 6.92 Å². The Labute approximate surface area is 182 Å². The molecule has 0 radical (unpaired) electrons. The minimum Gasteiger partial charge on any atom is -0.495 e. The van der Waals surface area contributed by atoms with Crippen molar-refractivity contribution in [2.75, 3.05) is 12.4 Å². The number of halogens is 1. The number of benzene rings is 2. The van der Waals surface area contributed by atoms with Crippen molar-refractivity contribution < 1.29 is 9.53 Å². The molecule has 2 heterocycles. The fourth-order valence-corrected chi connectivity index (χ4v) is 3.61. The van der Waals surface area contributed by atoms with Gasteiger partial charge in [-0.1, -0.05) is 47.1 Å². The van der Waals surface area contributed by atoms with E-state index in [9.17, 15) is 4.79 Å². The van der Waals surface area contributed by atoms with Crippen LogP contribution in [0.2, 0.25) is 0 Å². The first kappa shape index (κ1) is 20.0. The van der Waals surface area contributed by atoms with Gasteiger partial charge in [0.1, 0.15) is 5.75 Å². The Bertz CT molecular complexity index is 1230. The van der Waals surface area contributed by atoms with Crippen molar-refractivity contribution in [3.8, 4) is 16.9 Å². The van der Waals surface area contributed by atoms with Crippen molar-refractivity contribution in [1.82, 2.24) is 19.8 Å². The summed E-state index contributed by atoms with van der Waals surface area (Å²) in [6, 6.07) is 15.2. The Kier molecular flexibility index (Phi) is 5.50. The molecule has 1 amide bonds. The van der Waals surface area contributed by atoms with Crippen molar-refractivity contribution in [3.05, 3.63) is 70.1 Å². The lowest BCUT2D eigenvalue weighted by Gasteiger charge is -2.10. The minimum absolute atomic E-state index is 0.209. The first-order valence-electron chi connectivity index (χ1n) is 9.48. The Hall–Kier alpha value is -3.26. The number of aromatic nitrogens is 4. The molecule has 30 heavy (non-hydrogen) atoms. The Morgan fingerprint density at radius 2 is 1.87 bits per heavy atom. The van der Waals surface area contributed by atoms with Gasteiger partial charge in [0, 0.05) is 4.47 Å². The third-order valence-corrected chi connectivity index (χ3v) is 5.41. The summed E-state index contributed by atoms with van der Waals surface area (Å²) in [4.78, 5) is 12.9. The second kappa shape index (κ2) is 8.23. The van der Waals surface area contributed by atoms with Crippen LogP contribution in [0.25, 0.3) is 16.8 Å². The maximum absolute atomic E-state index is 12.9. The van der Waals surface area contributed by atoms with Crippen LogP contribution in [-0.4, -0.2) is 32.8 Å². The van der Waals surface area contributed by atoms with Crippen LogP contribution >= 0.6 is 15.9 Å². The zero-order chi connectivity index (χ0) is 21.3. The molecule has 4 rings (SSSR count). The number of rotatable bonds is 5. The van der Waals surface area contributed by atoms with E-state index >= 15 is 0 Å². The van der Waals surface area contributed by atoms with Gasteiger partial charge in [0.05, 0.1) is 29.7 Å². The van der Waals surface area contributed by atoms with E-state index < -0.39 is 0 Å². The van der Waals surface area contributed by atoms with Gasteiger partial charge in [0.15, 0.2) is 11.3 Å². The van der Waals surface area contributed by atoms with Gasteiger partial charge in [-0.15, -0.1) is 10.2 Å². The molecule has 0 bridgehead atoms. The van der Waals surface area contributed by atoms with Gasteiger partial charge in [0.2, 0.25) is 0 Å².